The maximum Gasteiger partial charge on any atom is 0.505 e. The standard InChI is InChI=1S/C15H26O3Si.H2O3S2/c1-6-16-19(17-7-2,18-8-3)12-15-11-9-10-13(4)14(15)5;1-5(2,3)4/h9-11H,6-8,12H2,1-5H3;(H2,1,2,3,4). The highest BCUT2D eigenvalue weighted by Gasteiger charge is 2.41. The lowest BCUT2D eigenvalue weighted by Gasteiger charge is -2.29. The summed E-state index contributed by atoms with van der Waals surface area (Å²) in [7, 11) is -6.42. The Morgan fingerprint density at radius 2 is 1.46 bits per heavy atom. The number of hydrogen-bond acceptors (Lipinski definition) is 5. The van der Waals surface area contributed by atoms with Crippen molar-refractivity contribution in [2.24, 2.45) is 0 Å². The third-order valence-electron chi connectivity index (χ3n) is 3.22. The van der Waals surface area contributed by atoms with Gasteiger partial charge >= 0.3 is 8.80 Å². The monoisotopic (exact) mass is 396 g/mol. The first-order chi connectivity index (χ1) is 11.1. The average Bonchev–Trinajstić information content (AvgIpc) is 2.43. The molecule has 1 aromatic rings. The van der Waals surface area contributed by atoms with Crippen LogP contribution in [0.3, 0.4) is 0 Å². The van der Waals surface area contributed by atoms with E-state index in [1.54, 1.807) is 0 Å². The van der Waals surface area contributed by atoms with E-state index in [2.05, 4.69) is 43.2 Å². The van der Waals surface area contributed by atoms with Crippen LogP contribution in [0, 0.1) is 13.8 Å². The minimum absolute atomic E-state index is 0.622. The highest BCUT2D eigenvalue weighted by molar-refractivity contribution is 8.26. The molecule has 0 atom stereocenters. The van der Waals surface area contributed by atoms with Crippen molar-refractivity contribution >= 4 is 29.0 Å². The Morgan fingerprint density at radius 1 is 1.04 bits per heavy atom. The van der Waals surface area contributed by atoms with E-state index in [9.17, 15) is 0 Å². The highest BCUT2D eigenvalue weighted by atomic mass is 32.9. The third kappa shape index (κ3) is 9.79. The van der Waals surface area contributed by atoms with Crippen LogP contribution in [-0.4, -0.2) is 41.9 Å². The van der Waals surface area contributed by atoms with Crippen molar-refractivity contribution in [1.82, 2.24) is 0 Å². The molecule has 6 nitrogen and oxygen atoms in total. The van der Waals surface area contributed by atoms with E-state index in [1.807, 2.05) is 20.8 Å². The zero-order valence-electron chi connectivity index (χ0n) is 14.9. The topological polar surface area (TPSA) is 85.2 Å². The van der Waals surface area contributed by atoms with Gasteiger partial charge in [0.25, 0.3) is 9.05 Å². The van der Waals surface area contributed by atoms with Gasteiger partial charge in [0.1, 0.15) is 0 Å². The zero-order valence-corrected chi connectivity index (χ0v) is 17.5. The van der Waals surface area contributed by atoms with Crippen LogP contribution in [0.1, 0.15) is 37.5 Å². The Bertz CT molecular complexity index is 567. The zero-order chi connectivity index (χ0) is 18.8. The lowest BCUT2D eigenvalue weighted by atomic mass is 10.1. The second kappa shape index (κ2) is 11.3. The third-order valence-corrected chi connectivity index (χ3v) is 6.22. The molecule has 0 saturated carbocycles. The molecule has 0 spiro atoms. The summed E-state index contributed by atoms with van der Waals surface area (Å²) in [6, 6.07) is 7.10. The van der Waals surface area contributed by atoms with E-state index >= 15 is 0 Å². The van der Waals surface area contributed by atoms with E-state index in [4.69, 9.17) is 26.6 Å². The van der Waals surface area contributed by atoms with Crippen molar-refractivity contribution in [2.45, 2.75) is 40.7 Å². The van der Waals surface area contributed by atoms with Crippen molar-refractivity contribution in [3.8, 4) is 0 Å². The summed E-state index contributed by atoms with van der Waals surface area (Å²) < 4.78 is 41.7. The molecule has 9 heteroatoms. The molecule has 0 aliphatic heterocycles. The molecule has 0 bridgehead atoms. The molecule has 0 aliphatic carbocycles. The van der Waals surface area contributed by atoms with Crippen molar-refractivity contribution in [1.29, 1.82) is 0 Å². The molecule has 0 heterocycles. The molecule has 0 radical (unpaired) electrons. The quantitative estimate of drug-likeness (QED) is 0.653. The summed E-state index contributed by atoms with van der Waals surface area (Å²) in [5, 5.41) is 0. The van der Waals surface area contributed by atoms with Crippen LogP contribution in [0.4, 0.5) is 0 Å². The van der Waals surface area contributed by atoms with Crippen LogP contribution >= 0.6 is 0 Å². The van der Waals surface area contributed by atoms with E-state index in [0.29, 0.717) is 19.8 Å². The maximum absolute atomic E-state index is 9.11. The summed E-state index contributed by atoms with van der Waals surface area (Å²) in [5.41, 5.74) is 3.87. The molecular formula is C15H28O6S2Si. The Kier molecular flexibility index (Phi) is 11.1. The van der Waals surface area contributed by atoms with Crippen LogP contribution in [0.5, 0.6) is 0 Å². The molecule has 0 unspecified atom stereocenters. The lowest BCUT2D eigenvalue weighted by Crippen LogP contribution is -2.48. The van der Waals surface area contributed by atoms with Gasteiger partial charge in [0.15, 0.2) is 0 Å². The number of hydrogen-bond donors (Lipinski definition) is 2. The smallest absolute Gasteiger partial charge is 0.374 e. The van der Waals surface area contributed by atoms with Gasteiger partial charge in [-0.15, -0.1) is 0 Å². The average molecular weight is 397 g/mol. The van der Waals surface area contributed by atoms with Crippen molar-refractivity contribution in [3.63, 3.8) is 0 Å². The van der Waals surface area contributed by atoms with Gasteiger partial charge in [0.05, 0.1) is 0 Å². The fourth-order valence-corrected chi connectivity index (χ4v) is 4.90. The molecule has 0 fully saturated rings. The summed E-state index contributed by atoms with van der Waals surface area (Å²) in [4.78, 5) is 0. The predicted octanol–water partition coefficient (Wildman–Crippen LogP) is 3.11. The number of rotatable bonds is 8. The molecule has 0 amide bonds. The molecule has 1 rings (SSSR count). The van der Waals surface area contributed by atoms with Gasteiger partial charge in [-0.2, -0.15) is 4.21 Å². The van der Waals surface area contributed by atoms with Crippen molar-refractivity contribution < 1.29 is 26.6 Å². The normalized spacial score (nSPS) is 11.8. The van der Waals surface area contributed by atoms with Crippen molar-refractivity contribution in [2.75, 3.05) is 19.8 Å². The van der Waals surface area contributed by atoms with Gasteiger partial charge in [0, 0.05) is 37.1 Å². The summed E-state index contributed by atoms with van der Waals surface area (Å²) >= 11 is 3.47. The molecular weight excluding hydrogens is 368 g/mol. The van der Waals surface area contributed by atoms with E-state index < -0.39 is 17.9 Å². The van der Waals surface area contributed by atoms with E-state index in [-0.39, 0.29) is 0 Å². The van der Waals surface area contributed by atoms with Gasteiger partial charge in [0.2, 0.25) is 0 Å². The van der Waals surface area contributed by atoms with Gasteiger partial charge in [-0.1, -0.05) is 18.2 Å². The number of benzene rings is 1. The Labute approximate surface area is 151 Å². The Balaban J connectivity index is 0.000000922. The first kappa shape index (κ1) is 23.6. The highest BCUT2D eigenvalue weighted by Crippen LogP contribution is 2.21. The molecule has 2 N–H and O–H groups in total. The van der Waals surface area contributed by atoms with Crippen LogP contribution in [-0.2, 0) is 39.6 Å². The van der Waals surface area contributed by atoms with Gasteiger partial charge in [-0.25, -0.2) is 0 Å². The molecule has 0 aromatic heterocycles. The van der Waals surface area contributed by atoms with E-state index in [1.165, 1.54) is 16.7 Å². The molecule has 140 valence electrons. The second-order valence-corrected chi connectivity index (χ2v) is 9.75. The van der Waals surface area contributed by atoms with Crippen LogP contribution < -0.4 is 0 Å². The van der Waals surface area contributed by atoms with Crippen LogP contribution in [0.2, 0.25) is 0 Å². The summed E-state index contributed by atoms with van der Waals surface area (Å²) in [6.45, 7) is 12.1. The molecule has 24 heavy (non-hydrogen) atoms. The van der Waals surface area contributed by atoms with E-state index in [0.717, 1.165) is 6.04 Å². The fraction of sp³-hybridized carbons (Fsp3) is 0.600. The van der Waals surface area contributed by atoms with Crippen LogP contribution in [0.15, 0.2) is 18.2 Å². The van der Waals surface area contributed by atoms with Gasteiger partial charge in [-0.05, 0) is 51.3 Å². The summed E-state index contributed by atoms with van der Waals surface area (Å²) in [6.07, 6.45) is 0. The van der Waals surface area contributed by atoms with Gasteiger partial charge < -0.3 is 13.3 Å². The SMILES string of the molecule is CCO[Si](Cc1cccc(C)c1C)(OCC)OCC.O=S(O)(O)=S. The first-order valence-corrected chi connectivity index (χ1v) is 12.1. The Morgan fingerprint density at radius 3 is 1.83 bits per heavy atom. The second-order valence-electron chi connectivity index (χ2n) is 4.97. The molecule has 0 saturated heterocycles. The minimum atomic E-state index is -3.83. The number of aryl methyl sites for hydroxylation is 1. The molecule has 1 aromatic carbocycles. The largest absolute Gasteiger partial charge is 0.505 e. The van der Waals surface area contributed by atoms with Gasteiger partial charge in [-0.3, -0.25) is 9.11 Å². The van der Waals surface area contributed by atoms with Crippen molar-refractivity contribution in [3.05, 3.63) is 34.9 Å². The Hall–Kier alpha value is -0.393. The minimum Gasteiger partial charge on any atom is -0.374 e. The molecule has 0 aliphatic rings. The maximum atomic E-state index is 9.11. The lowest BCUT2D eigenvalue weighted by molar-refractivity contribution is 0.0703. The first-order valence-electron chi connectivity index (χ1n) is 7.75. The summed E-state index contributed by atoms with van der Waals surface area (Å²) in [5.74, 6) is 0. The van der Waals surface area contributed by atoms with Crippen LogP contribution in [0.25, 0.3) is 0 Å². The fourth-order valence-electron chi connectivity index (χ4n) is 2.17. The predicted molar refractivity (Wildman–Crippen MR) is 101 cm³/mol.